The first-order valence-corrected chi connectivity index (χ1v) is 8.11. The lowest BCUT2D eigenvalue weighted by Crippen LogP contribution is -2.19. The van der Waals surface area contributed by atoms with E-state index < -0.39 is 17.5 Å². The largest absolute Gasteiger partial charge is 0.750 e. The second-order valence-corrected chi connectivity index (χ2v) is 5.51. The molecule has 2 N–H and O–H groups in total. The quantitative estimate of drug-likeness (QED) is 0.452. The van der Waals surface area contributed by atoms with Crippen molar-refractivity contribution < 1.29 is 22.5 Å². The lowest BCUT2D eigenvalue weighted by atomic mass is 10.1. The highest BCUT2D eigenvalue weighted by Crippen LogP contribution is 2.16. The minimum atomic E-state index is -2.53. The fraction of sp³-hybridized carbons (Fsp3) is 0.188. The van der Waals surface area contributed by atoms with E-state index in [1.165, 1.54) is 0 Å². The first kappa shape index (κ1) is 18.1. The van der Waals surface area contributed by atoms with Crippen LogP contribution in [0.15, 0.2) is 48.5 Å². The molecule has 7 nitrogen and oxygen atoms in total. The van der Waals surface area contributed by atoms with Gasteiger partial charge in [-0.25, -0.2) is 9.00 Å². The first-order valence-electron chi connectivity index (χ1n) is 7.11. The summed E-state index contributed by atoms with van der Waals surface area (Å²) in [6.45, 7) is 2.23. The van der Waals surface area contributed by atoms with E-state index in [1.54, 1.807) is 36.4 Å². The first-order chi connectivity index (χ1) is 11.5. The Kier molecular flexibility index (Phi) is 6.89. The van der Waals surface area contributed by atoms with Crippen molar-refractivity contribution in [3.05, 3.63) is 59.7 Å². The average molecular weight is 349 g/mol. The van der Waals surface area contributed by atoms with Gasteiger partial charge in [0.25, 0.3) is 0 Å². The molecule has 24 heavy (non-hydrogen) atoms. The molecule has 0 heterocycles. The Bertz CT molecular complexity index is 709. The summed E-state index contributed by atoms with van der Waals surface area (Å²) >= 11 is -2.53. The lowest BCUT2D eigenvalue weighted by Gasteiger charge is -2.11. The number of anilines is 1. The molecule has 1 amide bonds. The van der Waals surface area contributed by atoms with Gasteiger partial charge in [0.15, 0.2) is 0 Å². The summed E-state index contributed by atoms with van der Waals surface area (Å²) in [7, 11) is 0. The second-order valence-electron chi connectivity index (χ2n) is 4.86. The van der Waals surface area contributed by atoms with Gasteiger partial charge in [-0.2, -0.15) is 0 Å². The molecular weight excluding hydrogens is 332 g/mol. The van der Waals surface area contributed by atoms with Crippen molar-refractivity contribution in [3.63, 3.8) is 0 Å². The van der Waals surface area contributed by atoms with E-state index in [1.807, 2.05) is 19.1 Å². The third-order valence-electron chi connectivity index (χ3n) is 3.12. The Balaban J connectivity index is 1.87. The van der Waals surface area contributed by atoms with E-state index in [-0.39, 0.29) is 6.73 Å². The maximum Gasteiger partial charge on any atom is 0.417 e. The number of amides is 1. The molecule has 0 bridgehead atoms. The summed E-state index contributed by atoms with van der Waals surface area (Å²) in [6.07, 6.45) is -0.571. The molecule has 0 spiro atoms. The Labute approximate surface area is 142 Å². The molecule has 0 aliphatic carbocycles. The Morgan fingerprint density at radius 3 is 2.62 bits per heavy atom. The standard InChI is InChI=1S/C16H18N2O5S/c1-12-9-14(8-7-13(12)10-17-11-22-24(20)21)18-16(19)23-15-5-3-2-4-6-15/h2-9,17H,10-11H2,1H3,(H,18,19)(H,20,21)/p-1. The zero-order valence-corrected chi connectivity index (χ0v) is 13.8. The Hall–Kier alpha value is -2.26. The topological polar surface area (TPSA) is 99.7 Å². The molecule has 0 saturated carbocycles. The van der Waals surface area contributed by atoms with E-state index in [4.69, 9.17) is 4.74 Å². The van der Waals surface area contributed by atoms with Crippen molar-refractivity contribution in [1.29, 1.82) is 0 Å². The number of carbonyl (C=O) groups excluding carboxylic acids is 1. The van der Waals surface area contributed by atoms with Gasteiger partial charge in [-0.3, -0.25) is 14.8 Å². The number of benzene rings is 2. The third-order valence-corrected chi connectivity index (χ3v) is 3.43. The van der Waals surface area contributed by atoms with E-state index in [2.05, 4.69) is 14.8 Å². The molecule has 0 fully saturated rings. The van der Waals surface area contributed by atoms with Gasteiger partial charge in [-0.15, -0.1) is 0 Å². The Morgan fingerprint density at radius 2 is 1.96 bits per heavy atom. The van der Waals surface area contributed by atoms with Gasteiger partial charge < -0.3 is 9.29 Å². The molecule has 0 aliphatic rings. The number of aryl methyl sites for hydroxylation is 1. The van der Waals surface area contributed by atoms with Gasteiger partial charge in [-0.1, -0.05) is 24.3 Å². The predicted octanol–water partition coefficient (Wildman–Crippen LogP) is 2.46. The summed E-state index contributed by atoms with van der Waals surface area (Å²) in [5.74, 6) is 0.461. The van der Waals surface area contributed by atoms with Gasteiger partial charge in [0.2, 0.25) is 0 Å². The molecule has 2 rings (SSSR count). The van der Waals surface area contributed by atoms with Crippen LogP contribution in [0.5, 0.6) is 5.75 Å². The maximum absolute atomic E-state index is 11.8. The normalized spacial score (nSPS) is 11.8. The highest BCUT2D eigenvalue weighted by molar-refractivity contribution is 7.74. The van der Waals surface area contributed by atoms with Crippen molar-refractivity contribution in [1.82, 2.24) is 5.32 Å². The molecule has 1 unspecified atom stereocenters. The predicted molar refractivity (Wildman–Crippen MR) is 89.0 cm³/mol. The monoisotopic (exact) mass is 349 g/mol. The molecule has 2 aromatic carbocycles. The SMILES string of the molecule is Cc1cc(NC(=O)Oc2ccccc2)ccc1CNCOS(=O)[O-]. The summed E-state index contributed by atoms with van der Waals surface area (Å²) in [5, 5.41) is 5.49. The summed E-state index contributed by atoms with van der Waals surface area (Å²) < 4.78 is 30.0. The minimum Gasteiger partial charge on any atom is -0.750 e. The van der Waals surface area contributed by atoms with E-state index in [0.29, 0.717) is 18.0 Å². The van der Waals surface area contributed by atoms with Crippen LogP contribution >= 0.6 is 0 Å². The molecule has 0 aromatic heterocycles. The zero-order valence-electron chi connectivity index (χ0n) is 13.0. The van der Waals surface area contributed by atoms with Crippen LogP contribution in [0.2, 0.25) is 0 Å². The minimum absolute atomic E-state index is 0.0983. The van der Waals surface area contributed by atoms with E-state index in [9.17, 15) is 13.6 Å². The lowest BCUT2D eigenvalue weighted by molar-refractivity contribution is 0.215. The zero-order chi connectivity index (χ0) is 17.4. The number of para-hydroxylation sites is 1. The molecule has 0 aliphatic heterocycles. The maximum atomic E-state index is 11.8. The van der Waals surface area contributed by atoms with Crippen molar-refractivity contribution in [3.8, 4) is 5.75 Å². The molecule has 128 valence electrons. The van der Waals surface area contributed by atoms with Gasteiger partial charge in [0.1, 0.15) is 12.5 Å². The van der Waals surface area contributed by atoms with Crippen molar-refractivity contribution in [2.24, 2.45) is 0 Å². The van der Waals surface area contributed by atoms with Gasteiger partial charge in [0.05, 0.1) is 11.4 Å². The second kappa shape index (κ2) is 9.14. The number of hydrogen-bond acceptors (Lipinski definition) is 6. The number of rotatable bonds is 7. The molecule has 0 radical (unpaired) electrons. The third kappa shape index (κ3) is 6.09. The van der Waals surface area contributed by atoms with Crippen LogP contribution in [-0.4, -0.2) is 21.6 Å². The Morgan fingerprint density at radius 1 is 1.21 bits per heavy atom. The number of ether oxygens (including phenoxy) is 1. The van der Waals surface area contributed by atoms with Crippen LogP contribution in [0.1, 0.15) is 11.1 Å². The number of carbonyl (C=O) groups is 1. The van der Waals surface area contributed by atoms with Gasteiger partial charge in [-0.05, 0) is 42.3 Å². The van der Waals surface area contributed by atoms with Crippen LogP contribution in [0.3, 0.4) is 0 Å². The highest BCUT2D eigenvalue weighted by Gasteiger charge is 2.06. The fourth-order valence-corrected chi connectivity index (χ4v) is 2.17. The van der Waals surface area contributed by atoms with Crippen LogP contribution in [0.4, 0.5) is 10.5 Å². The summed E-state index contributed by atoms with van der Waals surface area (Å²) in [6, 6.07) is 14.1. The molecule has 1 atom stereocenters. The van der Waals surface area contributed by atoms with Crippen LogP contribution in [0, 0.1) is 6.92 Å². The van der Waals surface area contributed by atoms with Crippen molar-refractivity contribution in [2.45, 2.75) is 13.5 Å². The van der Waals surface area contributed by atoms with Crippen LogP contribution in [0.25, 0.3) is 0 Å². The van der Waals surface area contributed by atoms with Crippen molar-refractivity contribution >= 4 is 23.1 Å². The highest BCUT2D eigenvalue weighted by atomic mass is 32.2. The van der Waals surface area contributed by atoms with E-state index in [0.717, 1.165) is 11.1 Å². The summed E-state index contributed by atoms with van der Waals surface area (Å²) in [4.78, 5) is 11.8. The number of nitrogens with one attached hydrogen (secondary N) is 2. The van der Waals surface area contributed by atoms with Gasteiger partial charge >= 0.3 is 6.09 Å². The van der Waals surface area contributed by atoms with Crippen LogP contribution in [-0.2, 0) is 22.1 Å². The number of hydrogen-bond donors (Lipinski definition) is 2. The smallest absolute Gasteiger partial charge is 0.417 e. The van der Waals surface area contributed by atoms with Crippen molar-refractivity contribution in [2.75, 3.05) is 12.0 Å². The fourth-order valence-electron chi connectivity index (χ4n) is 1.99. The van der Waals surface area contributed by atoms with Crippen LogP contribution < -0.4 is 15.4 Å². The van der Waals surface area contributed by atoms with Gasteiger partial charge in [0, 0.05) is 12.2 Å². The van der Waals surface area contributed by atoms with E-state index >= 15 is 0 Å². The molecule has 0 saturated heterocycles. The summed E-state index contributed by atoms with van der Waals surface area (Å²) in [5.41, 5.74) is 2.50. The molecule has 2 aromatic rings. The molecular formula is C16H17N2O5S-. The average Bonchev–Trinajstić information content (AvgIpc) is 2.54. The molecule has 8 heteroatoms.